The van der Waals surface area contributed by atoms with Gasteiger partial charge < -0.3 is 18.9 Å². The van der Waals surface area contributed by atoms with Crippen LogP contribution in [0.1, 0.15) is 174 Å². The fraction of sp³-hybridized carbons (Fsp3) is 0.706. The van der Waals surface area contributed by atoms with Gasteiger partial charge in [-0.2, -0.15) is 0 Å². The van der Waals surface area contributed by atoms with Gasteiger partial charge in [-0.3, -0.25) is 13.8 Å². The van der Waals surface area contributed by atoms with Crippen molar-refractivity contribution in [2.75, 3.05) is 54.1 Å². The van der Waals surface area contributed by atoms with E-state index in [2.05, 4.69) is 98.9 Å². The molecule has 8 nitrogen and oxygen atoms in total. The van der Waals surface area contributed by atoms with Crippen molar-refractivity contribution in [2.24, 2.45) is 0 Å². The minimum atomic E-state index is -4.29. The fourth-order valence-corrected chi connectivity index (χ4v) is 6.76. The van der Waals surface area contributed by atoms with Crippen LogP contribution in [0.25, 0.3) is 0 Å². The minimum absolute atomic E-state index is 0.0784. The molecule has 9 heteroatoms. The Morgan fingerprint density at radius 3 is 1.47 bits per heavy atom. The van der Waals surface area contributed by atoms with Crippen molar-refractivity contribution < 1.29 is 37.3 Å². The topological polar surface area (TPSA) is 91.3 Å². The van der Waals surface area contributed by atoms with E-state index in [0.717, 1.165) is 96.3 Å². The molecule has 0 heterocycles. The van der Waals surface area contributed by atoms with E-state index in [9.17, 15) is 14.3 Å². The SMILES string of the molecule is CC/C=C\C/C=C\C/C=C\C/C=C\C/C=C\C/C=C\CCCCCCCOCC(COP(=O)(O)OCC[N+](C)(C)C)OC(=O)CCCCCCC/C=C\CCCCCCC. The van der Waals surface area contributed by atoms with Gasteiger partial charge in [0.2, 0.25) is 0 Å². The number of allylic oxidation sites excluding steroid dienone is 14. The first-order chi connectivity index (χ1) is 29.1. The number of hydrogen-bond donors (Lipinski definition) is 1. The molecule has 0 rings (SSSR count). The zero-order chi connectivity index (χ0) is 44.1. The van der Waals surface area contributed by atoms with Crippen molar-refractivity contribution >= 4 is 13.8 Å². The van der Waals surface area contributed by atoms with E-state index in [4.69, 9.17) is 18.5 Å². The second kappa shape index (κ2) is 43.3. The number of nitrogens with zero attached hydrogens (tertiary/aromatic N) is 1. The Labute approximate surface area is 369 Å². The first kappa shape index (κ1) is 57.7. The normalized spacial score (nSPS) is 14.4. The smallest absolute Gasteiger partial charge is 0.457 e. The third-order valence-electron chi connectivity index (χ3n) is 9.69. The molecule has 1 N–H and O–H groups in total. The Morgan fingerprint density at radius 1 is 0.533 bits per heavy atom. The highest BCUT2D eigenvalue weighted by molar-refractivity contribution is 7.47. The van der Waals surface area contributed by atoms with Gasteiger partial charge in [-0.1, -0.05) is 163 Å². The molecule has 0 aromatic rings. The van der Waals surface area contributed by atoms with Crippen LogP contribution in [0.5, 0.6) is 0 Å². The first-order valence-corrected chi connectivity index (χ1v) is 25.3. The van der Waals surface area contributed by atoms with Crippen LogP contribution in [-0.4, -0.2) is 75.6 Å². The molecular weight excluding hydrogens is 770 g/mol. The van der Waals surface area contributed by atoms with Crippen LogP contribution in [0, 0.1) is 0 Å². The van der Waals surface area contributed by atoms with E-state index in [1.807, 2.05) is 21.1 Å². The molecule has 0 amide bonds. The summed E-state index contributed by atoms with van der Waals surface area (Å²) in [6.07, 6.45) is 57.6. The number of esters is 1. The van der Waals surface area contributed by atoms with E-state index in [1.165, 1.54) is 57.8 Å². The quantitative estimate of drug-likeness (QED) is 0.0215. The van der Waals surface area contributed by atoms with E-state index in [-0.39, 0.29) is 25.8 Å². The zero-order valence-corrected chi connectivity index (χ0v) is 40.1. The second-order valence-corrected chi connectivity index (χ2v) is 18.2. The molecule has 0 saturated carbocycles. The highest BCUT2D eigenvalue weighted by Crippen LogP contribution is 2.43. The van der Waals surface area contributed by atoms with E-state index >= 15 is 0 Å². The Kier molecular flexibility index (Phi) is 41.7. The molecule has 0 aliphatic carbocycles. The summed E-state index contributed by atoms with van der Waals surface area (Å²) >= 11 is 0. The molecule has 0 saturated heterocycles. The molecule has 0 aromatic carbocycles. The maximum absolute atomic E-state index is 12.7. The number of carbonyl (C=O) groups excluding carboxylic acids is 1. The van der Waals surface area contributed by atoms with Crippen LogP contribution >= 0.6 is 7.82 Å². The molecule has 0 bridgehead atoms. The summed E-state index contributed by atoms with van der Waals surface area (Å²) in [6.45, 7) is 5.42. The fourth-order valence-electron chi connectivity index (χ4n) is 6.02. The molecule has 0 fully saturated rings. The van der Waals surface area contributed by atoms with Gasteiger partial charge in [-0.25, -0.2) is 4.57 Å². The summed E-state index contributed by atoms with van der Waals surface area (Å²) in [6, 6.07) is 0. The van der Waals surface area contributed by atoms with Crippen molar-refractivity contribution in [1.29, 1.82) is 0 Å². The lowest BCUT2D eigenvalue weighted by molar-refractivity contribution is -0.870. The van der Waals surface area contributed by atoms with E-state index in [0.29, 0.717) is 24.1 Å². The van der Waals surface area contributed by atoms with E-state index in [1.54, 1.807) is 0 Å². The molecule has 2 unspecified atom stereocenters. The van der Waals surface area contributed by atoms with Crippen molar-refractivity contribution in [3.05, 3.63) is 85.1 Å². The largest absolute Gasteiger partial charge is 0.472 e. The van der Waals surface area contributed by atoms with Crippen molar-refractivity contribution in [3.8, 4) is 0 Å². The lowest BCUT2D eigenvalue weighted by Gasteiger charge is -2.24. The second-order valence-electron chi connectivity index (χ2n) is 16.8. The molecule has 0 radical (unpaired) electrons. The Bertz CT molecular complexity index is 1230. The molecule has 60 heavy (non-hydrogen) atoms. The number of ether oxygens (including phenoxy) is 2. The number of hydrogen-bond acceptors (Lipinski definition) is 6. The summed E-state index contributed by atoms with van der Waals surface area (Å²) in [7, 11) is 1.63. The van der Waals surface area contributed by atoms with Crippen LogP contribution in [0.2, 0.25) is 0 Å². The van der Waals surface area contributed by atoms with Gasteiger partial charge in [-0.15, -0.1) is 0 Å². The third kappa shape index (κ3) is 46.7. The highest BCUT2D eigenvalue weighted by Gasteiger charge is 2.26. The highest BCUT2D eigenvalue weighted by atomic mass is 31.2. The number of rotatable bonds is 43. The van der Waals surface area contributed by atoms with Gasteiger partial charge in [0.25, 0.3) is 0 Å². The van der Waals surface area contributed by atoms with Crippen LogP contribution in [0.15, 0.2) is 85.1 Å². The number of quaternary nitrogens is 1. The number of carbonyl (C=O) groups is 1. The Balaban J connectivity index is 4.24. The monoisotopic (exact) mass is 861 g/mol. The van der Waals surface area contributed by atoms with Gasteiger partial charge in [0.15, 0.2) is 0 Å². The van der Waals surface area contributed by atoms with Gasteiger partial charge in [-0.05, 0) is 89.9 Å². The van der Waals surface area contributed by atoms with Crippen LogP contribution in [0.4, 0.5) is 0 Å². The molecule has 2 atom stereocenters. The zero-order valence-electron chi connectivity index (χ0n) is 39.2. The van der Waals surface area contributed by atoms with Gasteiger partial charge in [0.05, 0.1) is 34.4 Å². The molecule has 0 spiro atoms. The number of phosphoric acid groups is 1. The average Bonchev–Trinajstić information content (AvgIpc) is 3.20. The summed E-state index contributed by atoms with van der Waals surface area (Å²) in [5.41, 5.74) is 0. The maximum atomic E-state index is 12.7. The Morgan fingerprint density at radius 2 is 0.967 bits per heavy atom. The lowest BCUT2D eigenvalue weighted by atomic mass is 10.1. The van der Waals surface area contributed by atoms with Gasteiger partial charge in [0.1, 0.15) is 19.3 Å². The predicted octanol–water partition coefficient (Wildman–Crippen LogP) is 14.4. The number of phosphoric ester groups is 1. The van der Waals surface area contributed by atoms with Gasteiger partial charge in [0, 0.05) is 13.0 Å². The number of unbranched alkanes of at least 4 members (excludes halogenated alkanes) is 15. The summed E-state index contributed by atoms with van der Waals surface area (Å²) in [4.78, 5) is 22.9. The summed E-state index contributed by atoms with van der Waals surface area (Å²) in [5, 5.41) is 0. The summed E-state index contributed by atoms with van der Waals surface area (Å²) in [5.74, 6) is -0.334. The molecular formula is C51H91NO7P+. The van der Waals surface area contributed by atoms with Crippen molar-refractivity contribution in [1.82, 2.24) is 0 Å². The predicted molar refractivity (Wildman–Crippen MR) is 256 cm³/mol. The molecule has 346 valence electrons. The Hall–Kier alpha value is -2.32. The maximum Gasteiger partial charge on any atom is 0.472 e. The van der Waals surface area contributed by atoms with E-state index < -0.39 is 13.9 Å². The molecule has 0 aliphatic rings. The number of likely N-dealkylation sites (N-methyl/N-ethyl adjacent to an activating group) is 1. The van der Waals surface area contributed by atoms with Crippen LogP contribution in [0.3, 0.4) is 0 Å². The van der Waals surface area contributed by atoms with Crippen molar-refractivity contribution in [2.45, 2.75) is 180 Å². The summed E-state index contributed by atoms with van der Waals surface area (Å²) < 4.78 is 35.0. The average molecular weight is 861 g/mol. The van der Waals surface area contributed by atoms with Crippen LogP contribution in [-0.2, 0) is 27.9 Å². The third-order valence-corrected chi connectivity index (χ3v) is 10.7. The standard InChI is InChI=1S/C51H90NO7P/c1-6-8-10-12-14-16-18-20-22-23-24-25-26-27-28-29-30-31-33-35-37-39-41-43-46-56-48-50(49-58-60(54,55)57-47-45-52(3,4)5)59-51(53)44-42-40-38-36-34-32-21-19-17-15-13-11-9-7-2/h8,10,14,16,19-22,24-25,27-28,30-31,50H,6-7,9,11-13,15,17-18,23,26,29,32-49H2,1-5H3/p+1/b10-8-,16-14-,21-19-,22-20-,25-24-,28-27-,31-30-. The first-order valence-electron chi connectivity index (χ1n) is 23.8. The lowest BCUT2D eigenvalue weighted by Crippen LogP contribution is -2.37. The molecule has 0 aliphatic heterocycles. The minimum Gasteiger partial charge on any atom is -0.457 e. The van der Waals surface area contributed by atoms with Crippen molar-refractivity contribution in [3.63, 3.8) is 0 Å². The van der Waals surface area contributed by atoms with Crippen LogP contribution < -0.4 is 0 Å². The molecule has 0 aromatic heterocycles. The van der Waals surface area contributed by atoms with Gasteiger partial charge >= 0.3 is 13.8 Å².